The van der Waals surface area contributed by atoms with Crippen LogP contribution in [0.5, 0.6) is 0 Å². The average molecular weight is 248 g/mol. The molecule has 1 unspecified atom stereocenters. The van der Waals surface area contributed by atoms with Crippen LogP contribution in [0.4, 0.5) is 0 Å². The van der Waals surface area contributed by atoms with Crippen LogP contribution in [0.3, 0.4) is 0 Å². The summed E-state index contributed by atoms with van der Waals surface area (Å²) in [6.07, 6.45) is 0. The Morgan fingerprint density at radius 1 is 1.60 bits per heavy atom. The number of nitrogens with zero attached hydrogens (tertiary/aromatic N) is 1. The van der Waals surface area contributed by atoms with Crippen molar-refractivity contribution in [1.29, 1.82) is 0 Å². The number of nitrogens with two attached hydrogens (primary N) is 1. The lowest BCUT2D eigenvalue weighted by molar-refractivity contribution is 0.460. The third-order valence-corrected chi connectivity index (χ3v) is 5.30. The van der Waals surface area contributed by atoms with E-state index in [2.05, 4.69) is 0 Å². The molecule has 1 heterocycles. The Labute approximate surface area is 94.8 Å². The Balaban J connectivity index is 2.72. The van der Waals surface area contributed by atoms with E-state index in [1.807, 2.05) is 17.5 Å². The van der Waals surface area contributed by atoms with Gasteiger partial charge in [0.25, 0.3) is 0 Å². The quantitative estimate of drug-likeness (QED) is 0.840. The molecule has 0 aliphatic rings. The van der Waals surface area contributed by atoms with Crippen molar-refractivity contribution < 1.29 is 8.42 Å². The molecule has 1 aromatic rings. The Hall–Kier alpha value is -0.430. The molecular formula is C9H16N2O2S2. The molecule has 6 heteroatoms. The summed E-state index contributed by atoms with van der Waals surface area (Å²) in [6, 6.07) is 3.83. The summed E-state index contributed by atoms with van der Waals surface area (Å²) in [5.41, 5.74) is 5.37. The molecule has 0 saturated heterocycles. The highest BCUT2D eigenvalue weighted by molar-refractivity contribution is 7.89. The smallest absolute Gasteiger partial charge is 0.218 e. The van der Waals surface area contributed by atoms with Crippen molar-refractivity contribution in [2.24, 2.45) is 5.73 Å². The second kappa shape index (κ2) is 5.07. The number of hydrogen-bond acceptors (Lipinski definition) is 4. The van der Waals surface area contributed by atoms with E-state index in [0.29, 0.717) is 6.54 Å². The van der Waals surface area contributed by atoms with Crippen molar-refractivity contribution >= 4 is 21.4 Å². The largest absolute Gasteiger partial charge is 0.329 e. The fourth-order valence-electron chi connectivity index (χ4n) is 1.14. The normalized spacial score (nSPS) is 14.4. The van der Waals surface area contributed by atoms with Crippen molar-refractivity contribution in [2.75, 3.05) is 13.6 Å². The molecule has 0 aliphatic carbocycles. The highest BCUT2D eigenvalue weighted by Crippen LogP contribution is 2.15. The van der Waals surface area contributed by atoms with Crippen molar-refractivity contribution in [3.05, 3.63) is 22.4 Å². The van der Waals surface area contributed by atoms with Gasteiger partial charge in [-0.15, -0.1) is 11.3 Å². The molecule has 86 valence electrons. The minimum atomic E-state index is -3.25. The number of sulfonamides is 1. The molecule has 0 spiro atoms. The summed E-state index contributed by atoms with van der Waals surface area (Å²) in [5, 5.41) is 1.41. The van der Waals surface area contributed by atoms with Gasteiger partial charge in [-0.3, -0.25) is 0 Å². The van der Waals surface area contributed by atoms with Crippen LogP contribution < -0.4 is 5.73 Å². The van der Waals surface area contributed by atoms with Gasteiger partial charge in [-0.25, -0.2) is 8.42 Å². The highest BCUT2D eigenvalue weighted by Gasteiger charge is 2.24. The second-order valence-electron chi connectivity index (χ2n) is 3.43. The second-order valence-corrected chi connectivity index (χ2v) is 6.92. The Kier molecular flexibility index (Phi) is 4.27. The first kappa shape index (κ1) is 12.6. The monoisotopic (exact) mass is 248 g/mol. The zero-order chi connectivity index (χ0) is 11.5. The molecule has 0 fully saturated rings. The van der Waals surface area contributed by atoms with Crippen LogP contribution in [0.1, 0.15) is 11.8 Å². The van der Waals surface area contributed by atoms with Crippen LogP contribution in [-0.2, 0) is 16.6 Å². The minimum Gasteiger partial charge on any atom is -0.329 e. The van der Waals surface area contributed by atoms with Crippen molar-refractivity contribution in [1.82, 2.24) is 4.31 Å². The fourth-order valence-corrected chi connectivity index (χ4v) is 3.16. The van der Waals surface area contributed by atoms with Crippen LogP contribution in [0.2, 0.25) is 0 Å². The third-order valence-electron chi connectivity index (χ3n) is 2.23. The van der Waals surface area contributed by atoms with Gasteiger partial charge in [0.15, 0.2) is 0 Å². The molecule has 1 atom stereocenters. The average Bonchev–Trinajstić information content (AvgIpc) is 2.68. The van der Waals surface area contributed by atoms with E-state index in [0.717, 1.165) is 4.88 Å². The van der Waals surface area contributed by atoms with Crippen LogP contribution in [0.15, 0.2) is 17.5 Å². The van der Waals surface area contributed by atoms with Gasteiger partial charge in [-0.2, -0.15) is 4.31 Å². The van der Waals surface area contributed by atoms with Gasteiger partial charge in [-0.05, 0) is 18.4 Å². The third kappa shape index (κ3) is 3.01. The van der Waals surface area contributed by atoms with Gasteiger partial charge in [-0.1, -0.05) is 6.07 Å². The predicted molar refractivity (Wildman–Crippen MR) is 63.2 cm³/mol. The summed E-state index contributed by atoms with van der Waals surface area (Å²) < 4.78 is 25.0. The molecule has 1 aromatic heterocycles. The Bertz CT molecular complexity index is 386. The molecule has 15 heavy (non-hydrogen) atoms. The first-order chi connectivity index (χ1) is 6.98. The number of hydrogen-bond donors (Lipinski definition) is 1. The first-order valence-corrected chi connectivity index (χ1v) is 7.04. The van der Waals surface area contributed by atoms with Gasteiger partial charge in [0.1, 0.15) is 0 Å². The van der Waals surface area contributed by atoms with Crippen LogP contribution in [-0.4, -0.2) is 31.6 Å². The van der Waals surface area contributed by atoms with Crippen LogP contribution >= 0.6 is 11.3 Å². The van der Waals surface area contributed by atoms with E-state index in [4.69, 9.17) is 5.73 Å². The van der Waals surface area contributed by atoms with E-state index < -0.39 is 15.3 Å². The summed E-state index contributed by atoms with van der Waals surface area (Å²) in [7, 11) is -1.67. The number of rotatable bonds is 5. The molecule has 0 aliphatic heterocycles. The van der Waals surface area contributed by atoms with E-state index in [9.17, 15) is 8.42 Å². The van der Waals surface area contributed by atoms with Gasteiger partial charge in [0, 0.05) is 25.0 Å². The maximum Gasteiger partial charge on any atom is 0.218 e. The molecule has 2 N–H and O–H groups in total. The van der Waals surface area contributed by atoms with E-state index in [1.54, 1.807) is 25.3 Å². The topological polar surface area (TPSA) is 63.4 Å². The summed E-state index contributed by atoms with van der Waals surface area (Å²) in [5.74, 6) is 0. The van der Waals surface area contributed by atoms with E-state index in [1.165, 1.54) is 4.31 Å². The summed E-state index contributed by atoms with van der Waals surface area (Å²) in [6.45, 7) is 2.20. The Morgan fingerprint density at radius 3 is 2.73 bits per heavy atom. The standard InChI is InChI=1S/C9H16N2O2S2/c1-8(6-10)15(12,13)11(2)7-9-4-3-5-14-9/h3-5,8H,6-7,10H2,1-2H3. The molecule has 0 radical (unpaired) electrons. The summed E-state index contributed by atoms with van der Waals surface area (Å²) >= 11 is 1.55. The van der Waals surface area contributed by atoms with Gasteiger partial charge >= 0.3 is 0 Å². The molecule has 0 amide bonds. The zero-order valence-electron chi connectivity index (χ0n) is 8.88. The highest BCUT2D eigenvalue weighted by atomic mass is 32.2. The zero-order valence-corrected chi connectivity index (χ0v) is 10.5. The molecule has 4 nitrogen and oxygen atoms in total. The van der Waals surface area contributed by atoms with Gasteiger partial charge < -0.3 is 5.73 Å². The molecule has 0 saturated carbocycles. The maximum atomic E-state index is 11.8. The molecule has 0 aromatic carbocycles. The maximum absolute atomic E-state index is 11.8. The SMILES string of the molecule is CC(CN)S(=O)(=O)N(C)Cc1cccs1. The lowest BCUT2D eigenvalue weighted by atomic mass is 10.5. The van der Waals surface area contributed by atoms with Crippen molar-refractivity contribution in [3.63, 3.8) is 0 Å². The number of thiophene rings is 1. The van der Waals surface area contributed by atoms with Gasteiger partial charge in [0.05, 0.1) is 5.25 Å². The minimum absolute atomic E-state index is 0.150. The Morgan fingerprint density at radius 2 is 2.27 bits per heavy atom. The lowest BCUT2D eigenvalue weighted by Crippen LogP contribution is -2.37. The predicted octanol–water partition coefficient (Wildman–Crippen LogP) is 0.857. The van der Waals surface area contributed by atoms with E-state index >= 15 is 0 Å². The van der Waals surface area contributed by atoms with Gasteiger partial charge in [0.2, 0.25) is 10.0 Å². The van der Waals surface area contributed by atoms with Crippen LogP contribution in [0.25, 0.3) is 0 Å². The lowest BCUT2D eigenvalue weighted by Gasteiger charge is -2.20. The molecular weight excluding hydrogens is 232 g/mol. The molecule has 1 rings (SSSR count). The molecule has 0 bridgehead atoms. The fraction of sp³-hybridized carbons (Fsp3) is 0.556. The first-order valence-electron chi connectivity index (χ1n) is 4.66. The summed E-state index contributed by atoms with van der Waals surface area (Å²) in [4.78, 5) is 1.03. The van der Waals surface area contributed by atoms with Crippen molar-refractivity contribution in [2.45, 2.75) is 18.7 Å². The van der Waals surface area contributed by atoms with Crippen molar-refractivity contribution in [3.8, 4) is 0 Å². The van der Waals surface area contributed by atoms with E-state index in [-0.39, 0.29) is 6.54 Å². The van der Waals surface area contributed by atoms with Crippen LogP contribution in [0, 0.1) is 0 Å².